The van der Waals surface area contributed by atoms with Crippen molar-refractivity contribution < 1.29 is 23.7 Å². The third-order valence-electron chi connectivity index (χ3n) is 3.38. The van der Waals surface area contributed by atoms with Crippen LogP contribution in [-0.4, -0.2) is 38.6 Å². The number of ether oxygens (including phenoxy) is 4. The van der Waals surface area contributed by atoms with Crippen LogP contribution in [0.5, 0.6) is 23.0 Å². The van der Waals surface area contributed by atoms with Crippen LogP contribution in [0.1, 0.15) is 15.9 Å². The molecular weight excluding hydrogens is 370 g/mol. The van der Waals surface area contributed by atoms with Crippen LogP contribution in [0.3, 0.4) is 0 Å². The summed E-state index contributed by atoms with van der Waals surface area (Å²) in [6, 6.07) is 9.76. The van der Waals surface area contributed by atoms with Gasteiger partial charge in [-0.05, 0) is 54.2 Å². The summed E-state index contributed by atoms with van der Waals surface area (Å²) < 4.78 is 21.1. The van der Waals surface area contributed by atoms with Crippen LogP contribution in [0.15, 0.2) is 41.5 Å². The van der Waals surface area contributed by atoms with Crippen molar-refractivity contribution in [2.75, 3.05) is 21.3 Å². The number of benzene rings is 2. The van der Waals surface area contributed by atoms with Gasteiger partial charge in [0.1, 0.15) is 5.75 Å². The molecule has 0 aliphatic carbocycles. The zero-order valence-corrected chi connectivity index (χ0v) is 15.8. The van der Waals surface area contributed by atoms with E-state index < -0.39 is 5.97 Å². The topological polar surface area (TPSA) is 104 Å². The highest BCUT2D eigenvalue weighted by Gasteiger charge is 2.18. The number of hydrogen-bond acceptors (Lipinski definition) is 7. The van der Waals surface area contributed by atoms with Crippen LogP contribution < -0.4 is 30.1 Å². The Morgan fingerprint density at radius 1 is 1.07 bits per heavy atom. The number of nitrogens with two attached hydrogens (primary N) is 1. The lowest BCUT2D eigenvalue weighted by molar-refractivity contribution is 0.0734. The van der Waals surface area contributed by atoms with Gasteiger partial charge in [-0.2, -0.15) is 5.10 Å². The van der Waals surface area contributed by atoms with E-state index in [2.05, 4.69) is 22.7 Å². The lowest BCUT2D eigenvalue weighted by Crippen LogP contribution is -2.23. The van der Waals surface area contributed by atoms with Crippen LogP contribution in [0.4, 0.5) is 0 Å². The monoisotopic (exact) mass is 389 g/mol. The largest absolute Gasteiger partial charge is 0.493 e. The van der Waals surface area contributed by atoms with Gasteiger partial charge in [-0.25, -0.2) is 4.79 Å². The number of thiocarbonyl (C=S) groups is 1. The standard InChI is InChI=1S/C18H19N3O5S/c1-23-14-8-12(9-15(24-2)16(14)25-3)17(22)26-13-6-4-11(5-7-13)10-20-21-18(19)27/h4-10H,1-3H3,(H3,19,21,27)/b20-10+. The lowest BCUT2D eigenvalue weighted by atomic mass is 10.2. The van der Waals surface area contributed by atoms with Gasteiger partial charge in [0.05, 0.1) is 33.1 Å². The van der Waals surface area contributed by atoms with E-state index in [4.69, 9.17) is 24.7 Å². The van der Waals surface area contributed by atoms with Gasteiger partial charge in [0.2, 0.25) is 5.75 Å². The molecule has 142 valence electrons. The van der Waals surface area contributed by atoms with Crippen LogP contribution in [0.25, 0.3) is 0 Å². The number of hydrogen-bond donors (Lipinski definition) is 2. The van der Waals surface area contributed by atoms with Crippen LogP contribution in [0, 0.1) is 0 Å². The van der Waals surface area contributed by atoms with Crippen molar-refractivity contribution in [2.24, 2.45) is 10.8 Å². The molecular formula is C18H19N3O5S. The normalized spacial score (nSPS) is 10.3. The maximum Gasteiger partial charge on any atom is 0.343 e. The fourth-order valence-corrected chi connectivity index (χ4v) is 2.21. The van der Waals surface area contributed by atoms with E-state index in [0.717, 1.165) is 5.56 Å². The first-order chi connectivity index (χ1) is 13.0. The molecule has 0 saturated heterocycles. The molecule has 2 rings (SSSR count). The van der Waals surface area contributed by atoms with Crippen LogP contribution >= 0.6 is 12.2 Å². The average Bonchev–Trinajstić information content (AvgIpc) is 2.67. The molecule has 2 aromatic carbocycles. The predicted octanol–water partition coefficient (Wildman–Crippen LogP) is 2.10. The first-order valence-electron chi connectivity index (χ1n) is 7.69. The summed E-state index contributed by atoms with van der Waals surface area (Å²) in [6.45, 7) is 0. The summed E-state index contributed by atoms with van der Waals surface area (Å²) in [4.78, 5) is 12.4. The second-order valence-electron chi connectivity index (χ2n) is 5.11. The van der Waals surface area contributed by atoms with E-state index in [0.29, 0.717) is 23.0 Å². The predicted molar refractivity (Wildman–Crippen MR) is 105 cm³/mol. The average molecular weight is 389 g/mol. The molecule has 0 atom stereocenters. The highest BCUT2D eigenvalue weighted by molar-refractivity contribution is 7.80. The van der Waals surface area contributed by atoms with Crippen molar-refractivity contribution in [1.29, 1.82) is 0 Å². The van der Waals surface area contributed by atoms with Gasteiger partial charge in [-0.15, -0.1) is 0 Å². The number of carbonyl (C=O) groups is 1. The second-order valence-corrected chi connectivity index (χ2v) is 5.55. The Bertz CT molecular complexity index is 828. The van der Waals surface area contributed by atoms with Gasteiger partial charge in [-0.1, -0.05) is 0 Å². The van der Waals surface area contributed by atoms with Crippen LogP contribution in [-0.2, 0) is 0 Å². The minimum absolute atomic E-state index is 0.0714. The molecule has 0 saturated carbocycles. The quantitative estimate of drug-likeness (QED) is 0.244. The number of nitrogens with zero attached hydrogens (tertiary/aromatic N) is 1. The van der Waals surface area contributed by atoms with Crippen molar-refractivity contribution in [3.8, 4) is 23.0 Å². The molecule has 9 heteroatoms. The fourth-order valence-electron chi connectivity index (χ4n) is 2.16. The smallest absolute Gasteiger partial charge is 0.343 e. The molecule has 0 aromatic heterocycles. The Kier molecular flexibility index (Phi) is 6.95. The molecule has 8 nitrogen and oxygen atoms in total. The molecule has 0 fully saturated rings. The number of hydrazone groups is 1. The van der Waals surface area contributed by atoms with Gasteiger partial charge in [0.15, 0.2) is 16.6 Å². The molecule has 3 N–H and O–H groups in total. The highest BCUT2D eigenvalue weighted by Crippen LogP contribution is 2.38. The molecule has 2 aromatic rings. The van der Waals surface area contributed by atoms with E-state index in [9.17, 15) is 4.79 Å². The summed E-state index contributed by atoms with van der Waals surface area (Å²) >= 11 is 4.65. The van der Waals surface area contributed by atoms with E-state index >= 15 is 0 Å². The Labute approximate surface area is 161 Å². The Hall–Kier alpha value is -3.33. The van der Waals surface area contributed by atoms with E-state index in [1.54, 1.807) is 24.3 Å². The SMILES string of the molecule is COc1cc(C(=O)Oc2ccc(/C=N/NC(N)=S)cc2)cc(OC)c1OC. The van der Waals surface area contributed by atoms with Gasteiger partial charge < -0.3 is 24.7 Å². The minimum atomic E-state index is -0.564. The number of nitrogens with one attached hydrogen (secondary N) is 1. The third-order valence-corrected chi connectivity index (χ3v) is 3.47. The maximum atomic E-state index is 12.4. The molecule has 27 heavy (non-hydrogen) atoms. The second kappa shape index (κ2) is 9.39. The summed E-state index contributed by atoms with van der Waals surface area (Å²) in [7, 11) is 4.43. The molecule has 0 aliphatic heterocycles. The zero-order chi connectivity index (χ0) is 19.8. The van der Waals surface area contributed by atoms with Gasteiger partial charge >= 0.3 is 5.97 Å². The van der Waals surface area contributed by atoms with Crippen molar-refractivity contribution >= 4 is 29.5 Å². The Morgan fingerprint density at radius 2 is 1.67 bits per heavy atom. The summed E-state index contributed by atoms with van der Waals surface area (Å²) in [5.41, 5.74) is 8.76. The molecule has 0 unspecified atom stereocenters. The lowest BCUT2D eigenvalue weighted by Gasteiger charge is -2.13. The first-order valence-corrected chi connectivity index (χ1v) is 8.10. The Balaban J connectivity index is 2.15. The maximum absolute atomic E-state index is 12.4. The molecule has 0 aliphatic rings. The highest BCUT2D eigenvalue weighted by atomic mass is 32.1. The number of esters is 1. The summed E-state index contributed by atoms with van der Waals surface area (Å²) in [5.74, 6) is 0.922. The summed E-state index contributed by atoms with van der Waals surface area (Å²) in [5, 5.41) is 3.92. The number of rotatable bonds is 7. The molecule has 0 heterocycles. The van der Waals surface area contributed by atoms with Crippen molar-refractivity contribution in [3.63, 3.8) is 0 Å². The van der Waals surface area contributed by atoms with Crippen molar-refractivity contribution in [1.82, 2.24) is 5.43 Å². The minimum Gasteiger partial charge on any atom is -0.493 e. The number of methoxy groups -OCH3 is 3. The van der Waals surface area contributed by atoms with E-state index in [-0.39, 0.29) is 10.7 Å². The van der Waals surface area contributed by atoms with E-state index in [1.807, 2.05) is 0 Å². The van der Waals surface area contributed by atoms with Crippen molar-refractivity contribution in [2.45, 2.75) is 0 Å². The molecule has 0 amide bonds. The van der Waals surface area contributed by atoms with Gasteiger partial charge in [0.25, 0.3) is 0 Å². The molecule has 0 spiro atoms. The number of carbonyl (C=O) groups excluding carboxylic acids is 1. The fraction of sp³-hybridized carbons (Fsp3) is 0.167. The summed E-state index contributed by atoms with van der Waals surface area (Å²) in [6.07, 6.45) is 1.53. The Morgan fingerprint density at radius 3 is 2.15 bits per heavy atom. The van der Waals surface area contributed by atoms with Gasteiger partial charge in [-0.3, -0.25) is 5.43 Å². The van der Waals surface area contributed by atoms with Crippen LogP contribution in [0.2, 0.25) is 0 Å². The zero-order valence-electron chi connectivity index (χ0n) is 15.0. The molecule has 0 radical (unpaired) electrons. The molecule has 0 bridgehead atoms. The third kappa shape index (κ3) is 5.32. The first kappa shape index (κ1) is 20.0. The van der Waals surface area contributed by atoms with Gasteiger partial charge in [0, 0.05) is 0 Å². The van der Waals surface area contributed by atoms with E-state index in [1.165, 1.54) is 39.7 Å². The van der Waals surface area contributed by atoms with Crippen molar-refractivity contribution in [3.05, 3.63) is 47.5 Å².